The molecule has 1 atom stereocenters. The van der Waals surface area contributed by atoms with Gasteiger partial charge in [0.15, 0.2) is 5.60 Å². The first-order chi connectivity index (χ1) is 27.5. The molecule has 1 aliphatic heterocycles. The number of aldehydes is 1. The van der Waals surface area contributed by atoms with Crippen LogP contribution in [0.3, 0.4) is 0 Å². The second-order valence-electron chi connectivity index (χ2n) is 14.4. The molecule has 3 aromatic rings. The van der Waals surface area contributed by atoms with E-state index in [-0.39, 0.29) is 80.6 Å². The molecular formula is C44H60IrN2O12. The molecule has 0 saturated carbocycles. The second-order valence-corrected chi connectivity index (χ2v) is 14.4. The van der Waals surface area contributed by atoms with Crippen molar-refractivity contribution in [2.75, 3.05) is 33.5 Å². The number of esters is 2. The number of rotatable bonds is 14. The summed E-state index contributed by atoms with van der Waals surface area (Å²) in [6, 6.07) is 16.1. The number of aliphatic hydroxyl groups excluding tert-OH is 1. The number of nitrogens with zero attached hydrogens (tertiary/aromatic N) is 1. The Morgan fingerprint density at radius 2 is 1.32 bits per heavy atom. The SMILES string of the molecule is CC.CC.CC#N.COC1(c2ccc(C(=O)NCCCOCC(O)COO)cc2C=O)c2ccc(OC(=O)C(C)(C)C)cc2Oc2cc(OC(=O)C(C)(C)C)ccc21.[Ir]. The van der Waals surface area contributed by atoms with Crippen LogP contribution in [0.1, 0.15) is 120 Å². The number of fused-ring (bicyclic) bond motifs is 2. The number of carbonyl (C=O) groups is 4. The van der Waals surface area contributed by atoms with E-state index < -0.39 is 40.4 Å². The Balaban J connectivity index is 0.00000396. The zero-order valence-electron chi connectivity index (χ0n) is 36.1. The first-order valence-electron chi connectivity index (χ1n) is 19.1. The summed E-state index contributed by atoms with van der Waals surface area (Å²) in [4.78, 5) is 55.1. The fourth-order valence-electron chi connectivity index (χ4n) is 5.24. The van der Waals surface area contributed by atoms with Gasteiger partial charge in [0.25, 0.3) is 5.91 Å². The first kappa shape index (κ1) is 54.5. The predicted molar refractivity (Wildman–Crippen MR) is 218 cm³/mol. The van der Waals surface area contributed by atoms with Gasteiger partial charge < -0.3 is 34.1 Å². The van der Waals surface area contributed by atoms with Crippen molar-refractivity contribution in [2.24, 2.45) is 10.8 Å². The number of nitriles is 1. The number of carbonyl (C=O) groups excluding carboxylic acids is 4. The van der Waals surface area contributed by atoms with Gasteiger partial charge >= 0.3 is 11.9 Å². The van der Waals surface area contributed by atoms with E-state index in [1.54, 1.807) is 96.1 Å². The average molecular weight is 1000 g/mol. The van der Waals surface area contributed by atoms with Crippen LogP contribution in [0.2, 0.25) is 0 Å². The Bertz CT molecular complexity index is 1780. The zero-order valence-corrected chi connectivity index (χ0v) is 38.5. The van der Waals surface area contributed by atoms with E-state index >= 15 is 0 Å². The van der Waals surface area contributed by atoms with Crippen LogP contribution in [0.4, 0.5) is 0 Å². The smallest absolute Gasteiger partial charge is 0.316 e. The van der Waals surface area contributed by atoms with Gasteiger partial charge in [0.05, 0.1) is 23.5 Å². The monoisotopic (exact) mass is 1000 g/mol. The van der Waals surface area contributed by atoms with Gasteiger partial charge in [-0.3, -0.25) is 24.4 Å². The fraction of sp³-hybridized carbons (Fsp3) is 0.477. The van der Waals surface area contributed by atoms with E-state index in [0.29, 0.717) is 29.4 Å². The topological polar surface area (TPSA) is 200 Å². The third kappa shape index (κ3) is 14.9. The molecule has 15 heteroatoms. The van der Waals surface area contributed by atoms with Gasteiger partial charge in [-0.1, -0.05) is 33.8 Å². The molecular weight excluding hydrogens is 941 g/mol. The number of hydrogen-bond acceptors (Lipinski definition) is 13. The molecule has 327 valence electrons. The van der Waals surface area contributed by atoms with Crippen molar-refractivity contribution < 1.29 is 78.2 Å². The summed E-state index contributed by atoms with van der Waals surface area (Å²) in [5, 5.41) is 28.0. The number of aliphatic hydroxyl groups is 1. The quantitative estimate of drug-likeness (QED) is 0.0351. The Labute approximate surface area is 361 Å². The number of methoxy groups -OCH3 is 1. The Morgan fingerprint density at radius 1 is 0.847 bits per heavy atom. The Kier molecular flexibility index (Phi) is 23.9. The predicted octanol–water partition coefficient (Wildman–Crippen LogP) is 8.01. The molecule has 1 aliphatic rings. The summed E-state index contributed by atoms with van der Waals surface area (Å²) in [5.41, 5.74) is -1.23. The van der Waals surface area contributed by atoms with Crippen molar-refractivity contribution in [1.82, 2.24) is 5.32 Å². The van der Waals surface area contributed by atoms with Crippen molar-refractivity contribution in [3.63, 3.8) is 0 Å². The zero-order chi connectivity index (χ0) is 44.3. The van der Waals surface area contributed by atoms with Crippen LogP contribution in [0.25, 0.3) is 0 Å². The van der Waals surface area contributed by atoms with Crippen LogP contribution >= 0.6 is 0 Å². The first-order valence-corrected chi connectivity index (χ1v) is 19.1. The summed E-state index contributed by atoms with van der Waals surface area (Å²) in [7, 11) is 1.48. The summed E-state index contributed by atoms with van der Waals surface area (Å²) in [6.07, 6.45) is 0.101. The van der Waals surface area contributed by atoms with E-state index in [9.17, 15) is 24.3 Å². The minimum atomic E-state index is -1.46. The molecule has 1 unspecified atom stereocenters. The maximum Gasteiger partial charge on any atom is 0.316 e. The number of nitrogens with one attached hydrogen (secondary N) is 1. The summed E-state index contributed by atoms with van der Waals surface area (Å²) in [5.74, 6) is -0.357. The average Bonchev–Trinajstić information content (AvgIpc) is 3.19. The van der Waals surface area contributed by atoms with Crippen LogP contribution in [0.15, 0.2) is 54.6 Å². The van der Waals surface area contributed by atoms with E-state index in [1.165, 1.54) is 20.1 Å². The van der Waals surface area contributed by atoms with Crippen molar-refractivity contribution in [2.45, 2.75) is 94.3 Å². The van der Waals surface area contributed by atoms with E-state index in [0.717, 1.165) is 0 Å². The molecule has 1 heterocycles. The van der Waals surface area contributed by atoms with Crippen molar-refractivity contribution >= 4 is 24.1 Å². The van der Waals surface area contributed by atoms with Crippen LogP contribution in [-0.2, 0) is 49.7 Å². The van der Waals surface area contributed by atoms with Gasteiger partial charge in [0.1, 0.15) is 42.0 Å². The molecule has 1 radical (unpaired) electrons. The molecule has 0 saturated heterocycles. The van der Waals surface area contributed by atoms with Crippen LogP contribution in [0.5, 0.6) is 23.0 Å². The van der Waals surface area contributed by atoms with Gasteiger partial charge in [0.2, 0.25) is 0 Å². The van der Waals surface area contributed by atoms with E-state index in [4.69, 9.17) is 34.2 Å². The van der Waals surface area contributed by atoms with Crippen molar-refractivity contribution in [3.8, 4) is 29.1 Å². The molecule has 0 aliphatic carbocycles. The number of hydrogen-bond donors (Lipinski definition) is 3. The third-order valence-electron chi connectivity index (χ3n) is 7.98. The molecule has 4 rings (SSSR count). The maximum absolute atomic E-state index is 13.1. The second kappa shape index (κ2) is 25.9. The molecule has 59 heavy (non-hydrogen) atoms. The minimum absolute atomic E-state index is 0. The maximum atomic E-state index is 13.1. The Hall–Kier alpha value is -4.52. The van der Waals surface area contributed by atoms with Gasteiger partial charge in [-0.05, 0) is 84.4 Å². The normalized spacial score (nSPS) is 12.4. The molecule has 0 bridgehead atoms. The molecule has 3 aromatic carbocycles. The summed E-state index contributed by atoms with van der Waals surface area (Å²) in [6.45, 7) is 20.0. The van der Waals surface area contributed by atoms with Gasteiger partial charge in [-0.25, -0.2) is 4.89 Å². The number of amides is 1. The Morgan fingerprint density at radius 3 is 1.75 bits per heavy atom. The summed E-state index contributed by atoms with van der Waals surface area (Å²) < 4.78 is 29.3. The summed E-state index contributed by atoms with van der Waals surface area (Å²) >= 11 is 0. The standard InChI is InChI=1S/C38H45NO12.C2H3N.2C2H6.Ir/c1-36(2,3)34(43)49-26-10-13-29-31(18-26)51-32-19-27(50-35(44)37(4,5)6)11-14-30(32)38(29,46-7)28-12-9-23(17-24(28)20-40)33(42)39-15-8-16-47-21-25(41)22-48-45;1-2-3;2*1-2;/h9-14,17-20,25,41,45H,8,15-16,21-22H2,1-7H3,(H,39,42);1H3;2*1-2H3;. The van der Waals surface area contributed by atoms with Gasteiger partial charge in [-0.2, -0.15) is 5.26 Å². The minimum Gasteiger partial charge on any atom is -0.456 e. The van der Waals surface area contributed by atoms with Crippen molar-refractivity contribution in [3.05, 3.63) is 82.4 Å². The molecule has 1 amide bonds. The molecule has 0 spiro atoms. The van der Waals surface area contributed by atoms with Crippen molar-refractivity contribution in [1.29, 1.82) is 5.26 Å². The number of ether oxygens (including phenoxy) is 5. The molecule has 3 N–H and O–H groups in total. The fourth-order valence-corrected chi connectivity index (χ4v) is 5.24. The van der Waals surface area contributed by atoms with Gasteiger partial charge in [0, 0.05) is 87.2 Å². The largest absolute Gasteiger partial charge is 0.456 e. The van der Waals surface area contributed by atoms with E-state index in [2.05, 4.69) is 10.2 Å². The van der Waals surface area contributed by atoms with E-state index in [1.807, 2.05) is 27.7 Å². The molecule has 0 fully saturated rings. The van der Waals surface area contributed by atoms with Crippen LogP contribution < -0.4 is 19.5 Å². The molecule has 14 nitrogen and oxygen atoms in total. The van der Waals surface area contributed by atoms with Crippen LogP contribution in [-0.4, -0.2) is 74.1 Å². The third-order valence-corrected chi connectivity index (χ3v) is 7.98. The molecule has 0 aromatic heterocycles. The number of benzene rings is 3. The van der Waals surface area contributed by atoms with Gasteiger partial charge in [-0.15, -0.1) is 0 Å². The van der Waals surface area contributed by atoms with Crippen LogP contribution in [0, 0.1) is 22.2 Å².